The molecule has 2 saturated carbocycles. The van der Waals surface area contributed by atoms with Gasteiger partial charge in [-0.3, -0.25) is 4.79 Å². The van der Waals surface area contributed by atoms with Gasteiger partial charge in [0.15, 0.2) is 5.58 Å². The van der Waals surface area contributed by atoms with E-state index in [-0.39, 0.29) is 17.9 Å². The first-order chi connectivity index (χ1) is 11.0. The highest BCUT2D eigenvalue weighted by molar-refractivity contribution is 5.95. The minimum atomic E-state index is -0.0564. The molecule has 0 spiro atoms. The number of rotatable bonds is 3. The Labute approximate surface area is 135 Å². The SMILES string of the molecule is CN(C)c1nc2cc(NC(=O)C3C4CCC(C4)C3N)ccc2o1. The van der Waals surface area contributed by atoms with E-state index in [9.17, 15) is 4.79 Å². The average Bonchev–Trinajstić information content (AvgIpc) is 3.19. The second kappa shape index (κ2) is 5.23. The van der Waals surface area contributed by atoms with Gasteiger partial charge in [0.05, 0.1) is 5.92 Å². The zero-order valence-electron chi connectivity index (χ0n) is 13.5. The van der Waals surface area contributed by atoms with Gasteiger partial charge < -0.3 is 20.4 Å². The highest BCUT2D eigenvalue weighted by Gasteiger charge is 2.49. The molecule has 122 valence electrons. The molecule has 0 saturated heterocycles. The van der Waals surface area contributed by atoms with Crippen molar-refractivity contribution in [3.05, 3.63) is 18.2 Å². The number of nitrogens with zero attached hydrogens (tertiary/aromatic N) is 2. The highest BCUT2D eigenvalue weighted by atomic mass is 16.4. The Bertz CT molecular complexity index is 752. The van der Waals surface area contributed by atoms with E-state index in [1.165, 1.54) is 6.42 Å². The van der Waals surface area contributed by atoms with Crippen molar-refractivity contribution < 1.29 is 9.21 Å². The van der Waals surface area contributed by atoms with Crippen molar-refractivity contribution in [1.29, 1.82) is 0 Å². The van der Waals surface area contributed by atoms with E-state index in [4.69, 9.17) is 10.2 Å². The molecular formula is C17H22N4O2. The largest absolute Gasteiger partial charge is 0.423 e. The van der Waals surface area contributed by atoms with Crippen LogP contribution in [0.3, 0.4) is 0 Å². The van der Waals surface area contributed by atoms with Crippen molar-refractivity contribution in [1.82, 2.24) is 4.98 Å². The molecule has 0 radical (unpaired) electrons. The number of carbonyl (C=O) groups is 1. The molecular weight excluding hydrogens is 292 g/mol. The predicted molar refractivity (Wildman–Crippen MR) is 89.3 cm³/mol. The van der Waals surface area contributed by atoms with Gasteiger partial charge >= 0.3 is 0 Å². The number of hydrogen-bond donors (Lipinski definition) is 2. The summed E-state index contributed by atoms with van der Waals surface area (Å²) in [6, 6.07) is 6.10. The van der Waals surface area contributed by atoms with Crippen LogP contribution in [-0.2, 0) is 4.79 Å². The number of nitrogens with one attached hydrogen (secondary N) is 1. The third-order valence-corrected chi connectivity index (χ3v) is 5.31. The quantitative estimate of drug-likeness (QED) is 0.907. The third-order valence-electron chi connectivity index (χ3n) is 5.31. The number of nitrogens with two attached hydrogens (primary N) is 1. The Kier molecular flexibility index (Phi) is 3.30. The van der Waals surface area contributed by atoms with Gasteiger partial charge in [0, 0.05) is 25.8 Å². The van der Waals surface area contributed by atoms with Gasteiger partial charge in [0.25, 0.3) is 6.01 Å². The van der Waals surface area contributed by atoms with E-state index in [1.807, 2.05) is 37.2 Å². The molecule has 4 rings (SSSR count). The molecule has 2 aliphatic rings. The Morgan fingerprint density at radius 3 is 2.83 bits per heavy atom. The molecule has 3 N–H and O–H groups in total. The van der Waals surface area contributed by atoms with Crippen LogP contribution in [0.25, 0.3) is 11.1 Å². The molecule has 2 aliphatic carbocycles. The van der Waals surface area contributed by atoms with Crippen LogP contribution in [0.5, 0.6) is 0 Å². The first-order valence-electron chi connectivity index (χ1n) is 8.17. The maximum absolute atomic E-state index is 12.6. The molecule has 2 aromatic rings. The number of carbonyl (C=O) groups excluding carboxylic acids is 1. The molecule has 1 aromatic carbocycles. The molecule has 4 unspecified atom stereocenters. The topological polar surface area (TPSA) is 84.4 Å². The first-order valence-corrected chi connectivity index (χ1v) is 8.17. The summed E-state index contributed by atoms with van der Waals surface area (Å²) < 4.78 is 5.63. The second-order valence-corrected chi connectivity index (χ2v) is 7.00. The lowest BCUT2D eigenvalue weighted by Gasteiger charge is -2.26. The van der Waals surface area contributed by atoms with Crippen molar-refractivity contribution in [2.45, 2.75) is 25.3 Å². The Morgan fingerprint density at radius 2 is 2.13 bits per heavy atom. The number of benzene rings is 1. The van der Waals surface area contributed by atoms with E-state index in [1.54, 1.807) is 0 Å². The zero-order valence-corrected chi connectivity index (χ0v) is 13.5. The number of amides is 1. The highest BCUT2D eigenvalue weighted by Crippen LogP contribution is 2.47. The first kappa shape index (κ1) is 14.5. The summed E-state index contributed by atoms with van der Waals surface area (Å²) in [6.07, 6.45) is 3.41. The number of fused-ring (bicyclic) bond motifs is 3. The van der Waals surface area contributed by atoms with Crippen molar-refractivity contribution in [3.8, 4) is 0 Å². The zero-order chi connectivity index (χ0) is 16.1. The smallest absolute Gasteiger partial charge is 0.297 e. The number of oxazole rings is 1. The van der Waals surface area contributed by atoms with Gasteiger partial charge in [0.1, 0.15) is 5.52 Å². The van der Waals surface area contributed by atoms with Gasteiger partial charge in [-0.05, 0) is 49.3 Å². The lowest BCUT2D eigenvalue weighted by Crippen LogP contribution is -2.42. The lowest BCUT2D eigenvalue weighted by atomic mass is 9.84. The molecule has 1 aromatic heterocycles. The van der Waals surface area contributed by atoms with Crippen LogP contribution in [0.2, 0.25) is 0 Å². The van der Waals surface area contributed by atoms with E-state index < -0.39 is 0 Å². The van der Waals surface area contributed by atoms with Gasteiger partial charge in [-0.25, -0.2) is 0 Å². The summed E-state index contributed by atoms with van der Waals surface area (Å²) in [7, 11) is 3.76. The molecule has 4 atom stereocenters. The van der Waals surface area contributed by atoms with Gasteiger partial charge in [0.2, 0.25) is 5.91 Å². The predicted octanol–water partition coefficient (Wildman–Crippen LogP) is 2.21. The standard InChI is InChI=1S/C17H22N4O2/c1-21(2)17-20-12-8-11(5-6-13(12)23-17)19-16(22)14-9-3-4-10(7-9)15(14)18/h5-6,8-10,14-15H,3-4,7,18H2,1-2H3,(H,19,22). The Morgan fingerprint density at radius 1 is 1.35 bits per heavy atom. The fraction of sp³-hybridized carbons (Fsp3) is 0.529. The summed E-state index contributed by atoms with van der Waals surface area (Å²) in [6.45, 7) is 0. The fourth-order valence-corrected chi connectivity index (χ4v) is 4.13. The number of anilines is 2. The van der Waals surface area contributed by atoms with Gasteiger partial charge in [-0.15, -0.1) is 0 Å². The molecule has 2 bridgehead atoms. The van der Waals surface area contributed by atoms with E-state index >= 15 is 0 Å². The fourth-order valence-electron chi connectivity index (χ4n) is 4.13. The summed E-state index contributed by atoms with van der Waals surface area (Å²) >= 11 is 0. The minimum absolute atomic E-state index is 0.00451. The summed E-state index contributed by atoms with van der Waals surface area (Å²) in [5, 5.41) is 3.02. The van der Waals surface area contributed by atoms with Crippen LogP contribution < -0.4 is 16.0 Å². The van der Waals surface area contributed by atoms with Crippen molar-refractivity contribution in [3.63, 3.8) is 0 Å². The van der Waals surface area contributed by atoms with Crippen LogP contribution in [-0.4, -0.2) is 31.0 Å². The Hall–Kier alpha value is -2.08. The van der Waals surface area contributed by atoms with Crippen molar-refractivity contribution in [2.75, 3.05) is 24.3 Å². The van der Waals surface area contributed by atoms with E-state index in [0.717, 1.165) is 24.0 Å². The Balaban J connectivity index is 1.54. The van der Waals surface area contributed by atoms with Crippen LogP contribution in [0, 0.1) is 17.8 Å². The summed E-state index contributed by atoms with van der Waals surface area (Å²) in [5.41, 5.74) is 8.45. The summed E-state index contributed by atoms with van der Waals surface area (Å²) in [4.78, 5) is 18.8. The van der Waals surface area contributed by atoms with Crippen molar-refractivity contribution in [2.24, 2.45) is 23.5 Å². The molecule has 0 aliphatic heterocycles. The van der Waals surface area contributed by atoms with E-state index in [2.05, 4.69) is 10.3 Å². The number of hydrogen-bond acceptors (Lipinski definition) is 5. The second-order valence-electron chi connectivity index (χ2n) is 7.00. The molecule has 23 heavy (non-hydrogen) atoms. The maximum atomic E-state index is 12.6. The molecule has 1 amide bonds. The number of aromatic nitrogens is 1. The van der Waals surface area contributed by atoms with Gasteiger partial charge in [-0.1, -0.05) is 0 Å². The van der Waals surface area contributed by atoms with Crippen LogP contribution in [0.15, 0.2) is 22.6 Å². The van der Waals surface area contributed by atoms with Gasteiger partial charge in [-0.2, -0.15) is 4.98 Å². The van der Waals surface area contributed by atoms with Crippen molar-refractivity contribution >= 4 is 28.7 Å². The maximum Gasteiger partial charge on any atom is 0.297 e. The monoisotopic (exact) mass is 314 g/mol. The molecule has 1 heterocycles. The molecule has 6 heteroatoms. The van der Waals surface area contributed by atoms with Crippen LogP contribution in [0.4, 0.5) is 11.7 Å². The summed E-state index contributed by atoms with van der Waals surface area (Å²) in [5.74, 6) is 0.960. The molecule has 6 nitrogen and oxygen atoms in total. The van der Waals surface area contributed by atoms with E-state index in [0.29, 0.717) is 23.4 Å². The normalized spacial score (nSPS) is 29.2. The van der Waals surface area contributed by atoms with Crippen LogP contribution >= 0.6 is 0 Å². The molecule has 2 fully saturated rings. The lowest BCUT2D eigenvalue weighted by molar-refractivity contribution is -0.121. The minimum Gasteiger partial charge on any atom is -0.423 e. The third kappa shape index (κ3) is 2.37. The van der Waals surface area contributed by atoms with Crippen LogP contribution in [0.1, 0.15) is 19.3 Å². The average molecular weight is 314 g/mol.